The average Bonchev–Trinajstić information content (AvgIpc) is 2.63. The molecule has 0 saturated heterocycles. The van der Waals surface area contributed by atoms with Gasteiger partial charge < -0.3 is 0 Å². The van der Waals surface area contributed by atoms with Crippen molar-refractivity contribution in [2.24, 2.45) is 0 Å². The Labute approximate surface area is 73.6 Å². The lowest BCUT2D eigenvalue weighted by Gasteiger charge is -2.14. The Hall–Kier alpha value is -0.780. The second-order valence-electron chi connectivity index (χ2n) is 4.34. The first-order valence-electron chi connectivity index (χ1n) is 4.95. The first-order chi connectivity index (χ1) is 5.84. The van der Waals surface area contributed by atoms with Crippen molar-refractivity contribution in [1.29, 1.82) is 0 Å². The van der Waals surface area contributed by atoms with Crippen molar-refractivity contribution in [2.45, 2.75) is 38.0 Å². The van der Waals surface area contributed by atoms with E-state index in [-0.39, 0.29) is 0 Å². The summed E-state index contributed by atoms with van der Waals surface area (Å²) in [5.74, 6) is 1.84. The first-order valence-corrected chi connectivity index (χ1v) is 4.95. The predicted octanol–water partition coefficient (Wildman–Crippen LogP) is 3.36. The van der Waals surface area contributed by atoms with Gasteiger partial charge in [-0.2, -0.15) is 0 Å². The molecule has 0 nitrogen and oxygen atoms in total. The summed E-state index contributed by atoms with van der Waals surface area (Å²) < 4.78 is 0. The second kappa shape index (κ2) is 2.12. The Morgan fingerprint density at radius 2 is 1.83 bits per heavy atom. The lowest BCUT2D eigenvalue weighted by molar-refractivity contribution is 0.717. The number of rotatable bonds is 0. The molecule has 1 aromatic carbocycles. The van der Waals surface area contributed by atoms with E-state index in [1.165, 1.54) is 24.8 Å². The molecule has 62 valence electrons. The molecule has 2 aliphatic carbocycles. The zero-order valence-corrected chi connectivity index (χ0v) is 7.51. The summed E-state index contributed by atoms with van der Waals surface area (Å²) in [4.78, 5) is 0. The lowest BCUT2D eigenvalue weighted by Crippen LogP contribution is -1.97. The standard InChI is InChI=1S/C12H14/c1-8-2-5-11-9-3-4-10(7-9)12(11)6-8/h2,5-6,9-10H,3-4,7H2,1H3/t9-,10+/m0/s1. The van der Waals surface area contributed by atoms with E-state index >= 15 is 0 Å². The fourth-order valence-electron chi connectivity index (χ4n) is 2.97. The van der Waals surface area contributed by atoms with Crippen LogP contribution < -0.4 is 0 Å². The van der Waals surface area contributed by atoms with Gasteiger partial charge in [-0.3, -0.25) is 0 Å². The Bertz CT molecular complexity index is 325. The molecular formula is C12H14. The summed E-state index contributed by atoms with van der Waals surface area (Å²) in [6.45, 7) is 2.20. The highest BCUT2D eigenvalue weighted by molar-refractivity contribution is 5.43. The van der Waals surface area contributed by atoms with Crippen molar-refractivity contribution in [3.05, 3.63) is 34.9 Å². The maximum absolute atomic E-state index is 2.40. The van der Waals surface area contributed by atoms with Crippen LogP contribution in [0.4, 0.5) is 0 Å². The molecule has 0 unspecified atom stereocenters. The molecule has 2 aliphatic rings. The van der Waals surface area contributed by atoms with Gasteiger partial charge in [0, 0.05) is 0 Å². The van der Waals surface area contributed by atoms with Crippen molar-refractivity contribution in [3.63, 3.8) is 0 Å². The molecule has 2 atom stereocenters. The fraction of sp³-hybridized carbons (Fsp3) is 0.500. The van der Waals surface area contributed by atoms with Gasteiger partial charge in [0.25, 0.3) is 0 Å². The Morgan fingerprint density at radius 3 is 2.67 bits per heavy atom. The molecule has 0 amide bonds. The van der Waals surface area contributed by atoms with Crippen LogP contribution >= 0.6 is 0 Å². The first kappa shape index (κ1) is 6.71. The molecule has 0 spiro atoms. The van der Waals surface area contributed by atoms with Crippen LogP contribution in [0, 0.1) is 6.92 Å². The Kier molecular flexibility index (Phi) is 1.19. The molecule has 0 radical (unpaired) electrons. The topological polar surface area (TPSA) is 0 Å². The minimum atomic E-state index is 0.921. The van der Waals surface area contributed by atoms with Crippen LogP contribution in [0.25, 0.3) is 0 Å². The van der Waals surface area contributed by atoms with E-state index in [9.17, 15) is 0 Å². The number of hydrogen-bond acceptors (Lipinski definition) is 0. The van der Waals surface area contributed by atoms with Crippen molar-refractivity contribution in [3.8, 4) is 0 Å². The summed E-state index contributed by atoms with van der Waals surface area (Å²) >= 11 is 0. The molecule has 1 fully saturated rings. The molecule has 1 saturated carbocycles. The van der Waals surface area contributed by atoms with Crippen molar-refractivity contribution < 1.29 is 0 Å². The fourth-order valence-corrected chi connectivity index (χ4v) is 2.97. The summed E-state index contributed by atoms with van der Waals surface area (Å²) in [7, 11) is 0. The molecule has 0 N–H and O–H groups in total. The summed E-state index contributed by atoms with van der Waals surface area (Å²) in [5, 5.41) is 0. The van der Waals surface area contributed by atoms with E-state index in [0.29, 0.717) is 0 Å². The van der Waals surface area contributed by atoms with Gasteiger partial charge in [0.15, 0.2) is 0 Å². The summed E-state index contributed by atoms with van der Waals surface area (Å²) in [5.41, 5.74) is 4.77. The SMILES string of the molecule is Cc1ccc2c(c1)[C@@H]1CC[C@H]2C1. The van der Waals surface area contributed by atoms with Crippen LogP contribution in [0.5, 0.6) is 0 Å². The van der Waals surface area contributed by atoms with Gasteiger partial charge in [-0.25, -0.2) is 0 Å². The highest BCUT2D eigenvalue weighted by Crippen LogP contribution is 2.52. The van der Waals surface area contributed by atoms with Gasteiger partial charge >= 0.3 is 0 Å². The normalized spacial score (nSPS) is 30.8. The third-order valence-corrected chi connectivity index (χ3v) is 3.55. The van der Waals surface area contributed by atoms with E-state index in [2.05, 4.69) is 25.1 Å². The second-order valence-corrected chi connectivity index (χ2v) is 4.34. The predicted molar refractivity (Wildman–Crippen MR) is 50.5 cm³/mol. The minimum Gasteiger partial charge on any atom is -0.0590 e. The summed E-state index contributed by atoms with van der Waals surface area (Å²) in [6.07, 6.45) is 4.33. The third kappa shape index (κ3) is 0.730. The third-order valence-electron chi connectivity index (χ3n) is 3.55. The van der Waals surface area contributed by atoms with Gasteiger partial charge in [0.05, 0.1) is 0 Å². The van der Waals surface area contributed by atoms with Gasteiger partial charge in [0.2, 0.25) is 0 Å². The molecule has 0 aliphatic heterocycles. The van der Waals surface area contributed by atoms with Crippen LogP contribution in [-0.4, -0.2) is 0 Å². The number of fused-ring (bicyclic) bond motifs is 5. The highest BCUT2D eigenvalue weighted by atomic mass is 14.4. The highest BCUT2D eigenvalue weighted by Gasteiger charge is 2.36. The molecular weight excluding hydrogens is 144 g/mol. The van der Waals surface area contributed by atoms with Crippen molar-refractivity contribution in [1.82, 2.24) is 0 Å². The molecule has 0 heterocycles. The molecule has 2 bridgehead atoms. The monoisotopic (exact) mass is 158 g/mol. The molecule has 3 rings (SSSR count). The van der Waals surface area contributed by atoms with Gasteiger partial charge in [0.1, 0.15) is 0 Å². The number of benzene rings is 1. The average molecular weight is 158 g/mol. The number of aryl methyl sites for hydroxylation is 1. The largest absolute Gasteiger partial charge is 0.0590 e. The molecule has 12 heavy (non-hydrogen) atoms. The van der Waals surface area contributed by atoms with Crippen LogP contribution in [0.3, 0.4) is 0 Å². The molecule has 0 aromatic heterocycles. The Morgan fingerprint density at radius 1 is 1.08 bits per heavy atom. The maximum Gasteiger partial charge on any atom is -0.0153 e. The quantitative estimate of drug-likeness (QED) is 0.543. The molecule has 1 aromatic rings. The minimum absolute atomic E-state index is 0.921. The van der Waals surface area contributed by atoms with Gasteiger partial charge in [-0.05, 0) is 49.1 Å². The lowest BCUT2D eigenvalue weighted by atomic mass is 9.91. The van der Waals surface area contributed by atoms with Gasteiger partial charge in [-0.1, -0.05) is 23.8 Å². The van der Waals surface area contributed by atoms with Gasteiger partial charge in [-0.15, -0.1) is 0 Å². The smallest absolute Gasteiger partial charge is 0.0153 e. The van der Waals surface area contributed by atoms with E-state index in [4.69, 9.17) is 0 Å². The number of hydrogen-bond donors (Lipinski definition) is 0. The van der Waals surface area contributed by atoms with E-state index in [1.54, 1.807) is 11.1 Å². The van der Waals surface area contributed by atoms with Crippen LogP contribution in [0.2, 0.25) is 0 Å². The summed E-state index contributed by atoms with van der Waals surface area (Å²) in [6, 6.07) is 7.02. The van der Waals surface area contributed by atoms with E-state index < -0.39 is 0 Å². The van der Waals surface area contributed by atoms with E-state index in [0.717, 1.165) is 11.8 Å². The van der Waals surface area contributed by atoms with Crippen molar-refractivity contribution >= 4 is 0 Å². The van der Waals surface area contributed by atoms with E-state index in [1.807, 2.05) is 0 Å². The van der Waals surface area contributed by atoms with Crippen LogP contribution in [-0.2, 0) is 0 Å². The molecule has 0 heteroatoms. The van der Waals surface area contributed by atoms with Crippen molar-refractivity contribution in [2.75, 3.05) is 0 Å². The zero-order chi connectivity index (χ0) is 8.13. The van der Waals surface area contributed by atoms with Crippen LogP contribution in [0.1, 0.15) is 47.8 Å². The zero-order valence-electron chi connectivity index (χ0n) is 7.51. The van der Waals surface area contributed by atoms with Crippen LogP contribution in [0.15, 0.2) is 18.2 Å². The Balaban J connectivity index is 2.20. The maximum atomic E-state index is 2.40.